The largest absolute Gasteiger partial charge is 0.399 e. The monoisotopic (exact) mass is 401 g/mol. The summed E-state index contributed by atoms with van der Waals surface area (Å²) in [5.74, 6) is 0. The van der Waals surface area contributed by atoms with Gasteiger partial charge in [-0.3, -0.25) is 13.7 Å². The van der Waals surface area contributed by atoms with Crippen LogP contribution in [0.15, 0.2) is 18.2 Å². The van der Waals surface area contributed by atoms with Gasteiger partial charge in [-0.05, 0) is 44.0 Å². The summed E-state index contributed by atoms with van der Waals surface area (Å²) in [6.45, 7) is 6.04. The van der Waals surface area contributed by atoms with Crippen LogP contribution in [-0.4, -0.2) is 50.1 Å². The SMILES string of the molecule is C.CCN(CC)c1ccc(N)c(CCNS(=O)(=O)O)c1.O=S(=O)(O)O. The van der Waals surface area contributed by atoms with E-state index in [9.17, 15) is 8.42 Å². The molecule has 12 heteroatoms. The second-order valence-electron chi connectivity index (χ2n) is 4.62. The maximum atomic E-state index is 10.6. The van der Waals surface area contributed by atoms with Gasteiger partial charge in [0.15, 0.2) is 0 Å². The molecule has 0 aliphatic rings. The standard InChI is InChI=1S/C12H21N3O3S.CH4.H2O4S/c1-3-15(4-2)11-5-6-12(13)10(9-11)7-8-14-19(16,17)18;;1-5(2,3)4/h5-6,9,14H,3-4,7-8,13H2,1-2H3,(H,16,17,18);1H4;(H2,1,2,3,4). The van der Waals surface area contributed by atoms with Gasteiger partial charge in [0.05, 0.1) is 0 Å². The number of hydrogen-bond acceptors (Lipinski definition) is 6. The van der Waals surface area contributed by atoms with Gasteiger partial charge in [-0.15, -0.1) is 0 Å². The first-order valence-corrected chi connectivity index (χ1v) is 9.76. The van der Waals surface area contributed by atoms with Crippen LogP contribution in [0.3, 0.4) is 0 Å². The summed E-state index contributed by atoms with van der Waals surface area (Å²) in [7, 11) is -8.81. The van der Waals surface area contributed by atoms with Crippen LogP contribution in [0.2, 0.25) is 0 Å². The molecule has 0 heterocycles. The van der Waals surface area contributed by atoms with Crippen LogP contribution < -0.4 is 15.4 Å². The molecule has 6 N–H and O–H groups in total. The van der Waals surface area contributed by atoms with E-state index in [4.69, 9.17) is 27.8 Å². The third-order valence-electron chi connectivity index (χ3n) is 2.93. The second-order valence-corrected chi connectivity index (χ2v) is 6.76. The van der Waals surface area contributed by atoms with E-state index in [-0.39, 0.29) is 14.0 Å². The lowest BCUT2D eigenvalue weighted by molar-refractivity contribution is 0.381. The summed E-state index contributed by atoms with van der Waals surface area (Å²) >= 11 is 0. The summed E-state index contributed by atoms with van der Waals surface area (Å²) < 4.78 is 63.4. The van der Waals surface area contributed by atoms with E-state index < -0.39 is 20.7 Å². The van der Waals surface area contributed by atoms with Gasteiger partial charge in [-0.1, -0.05) is 7.43 Å². The molecule has 0 bridgehead atoms. The van der Waals surface area contributed by atoms with Gasteiger partial charge in [-0.25, -0.2) is 0 Å². The minimum atomic E-state index is -4.67. The van der Waals surface area contributed by atoms with Crippen molar-refractivity contribution in [3.63, 3.8) is 0 Å². The number of nitrogens with two attached hydrogens (primary N) is 1. The number of nitrogen functional groups attached to an aromatic ring is 1. The van der Waals surface area contributed by atoms with E-state index in [1.165, 1.54) is 0 Å². The maximum absolute atomic E-state index is 10.6. The molecule has 0 aliphatic carbocycles. The second kappa shape index (κ2) is 11.2. The molecule has 1 rings (SSSR count). The van der Waals surface area contributed by atoms with Gasteiger partial charge in [0.2, 0.25) is 0 Å². The van der Waals surface area contributed by atoms with E-state index >= 15 is 0 Å². The predicted octanol–water partition coefficient (Wildman–Crippen LogP) is 1.03. The zero-order valence-electron chi connectivity index (χ0n) is 13.4. The molecular weight excluding hydrogens is 374 g/mol. The Hall–Kier alpha value is -1.44. The Labute approximate surface area is 149 Å². The molecule has 0 aliphatic heterocycles. The molecule has 0 amide bonds. The van der Waals surface area contributed by atoms with Crippen LogP contribution in [0.1, 0.15) is 26.8 Å². The lowest BCUT2D eigenvalue weighted by atomic mass is 10.1. The average Bonchev–Trinajstić information content (AvgIpc) is 2.40. The first-order valence-electron chi connectivity index (χ1n) is 6.92. The highest BCUT2D eigenvalue weighted by atomic mass is 32.3. The Kier molecular flexibility index (Phi) is 11.6. The molecule has 0 saturated carbocycles. The van der Waals surface area contributed by atoms with Gasteiger partial charge in [0.1, 0.15) is 0 Å². The van der Waals surface area contributed by atoms with E-state index in [0.29, 0.717) is 12.1 Å². The normalized spacial score (nSPS) is 11.1. The Bertz CT molecular complexity index is 709. The summed E-state index contributed by atoms with van der Waals surface area (Å²) in [5.41, 5.74) is 8.40. The minimum Gasteiger partial charge on any atom is -0.399 e. The Balaban J connectivity index is 0. The van der Waals surface area contributed by atoms with E-state index in [1.54, 1.807) is 0 Å². The highest BCUT2D eigenvalue weighted by Crippen LogP contribution is 2.21. The fraction of sp³-hybridized carbons (Fsp3) is 0.538. The zero-order valence-corrected chi connectivity index (χ0v) is 15.0. The quantitative estimate of drug-likeness (QED) is 0.330. The van der Waals surface area contributed by atoms with Crippen molar-refractivity contribution in [1.29, 1.82) is 0 Å². The third kappa shape index (κ3) is 13.5. The van der Waals surface area contributed by atoms with Crippen LogP contribution in [0, 0.1) is 0 Å². The number of anilines is 2. The lowest BCUT2D eigenvalue weighted by Gasteiger charge is -2.22. The van der Waals surface area contributed by atoms with Crippen molar-refractivity contribution in [1.82, 2.24) is 4.72 Å². The van der Waals surface area contributed by atoms with Crippen LogP contribution >= 0.6 is 0 Å². The van der Waals surface area contributed by atoms with E-state index in [1.807, 2.05) is 22.9 Å². The maximum Gasteiger partial charge on any atom is 0.394 e. The molecule has 0 spiro atoms. The fourth-order valence-corrected chi connectivity index (χ4v) is 2.27. The van der Waals surface area contributed by atoms with Crippen molar-refractivity contribution in [3.8, 4) is 0 Å². The molecule has 148 valence electrons. The molecule has 25 heavy (non-hydrogen) atoms. The smallest absolute Gasteiger partial charge is 0.394 e. The summed E-state index contributed by atoms with van der Waals surface area (Å²) in [4.78, 5) is 2.18. The predicted molar refractivity (Wildman–Crippen MR) is 98.6 cm³/mol. The minimum absolute atomic E-state index is 0. The molecule has 1 aromatic rings. The number of nitrogens with zero attached hydrogens (tertiary/aromatic N) is 1. The summed E-state index contributed by atoms with van der Waals surface area (Å²) in [6, 6.07) is 5.71. The third-order valence-corrected chi connectivity index (χ3v) is 3.50. The molecule has 0 aromatic heterocycles. The van der Waals surface area contributed by atoms with Crippen molar-refractivity contribution in [3.05, 3.63) is 23.8 Å². The molecular formula is C13H27N3O7S2. The Morgan fingerprint density at radius 1 is 1.08 bits per heavy atom. The number of hydrogen-bond donors (Lipinski definition) is 5. The molecule has 0 atom stereocenters. The summed E-state index contributed by atoms with van der Waals surface area (Å²) in [6.07, 6.45) is 0.431. The van der Waals surface area contributed by atoms with Crippen molar-refractivity contribution in [2.24, 2.45) is 0 Å². The van der Waals surface area contributed by atoms with Gasteiger partial charge in [0, 0.05) is 31.0 Å². The van der Waals surface area contributed by atoms with Crippen LogP contribution in [0.4, 0.5) is 11.4 Å². The molecule has 1 aromatic carbocycles. The van der Waals surface area contributed by atoms with Crippen molar-refractivity contribution in [2.45, 2.75) is 27.7 Å². The number of nitrogens with one attached hydrogen (secondary N) is 1. The zero-order chi connectivity index (χ0) is 19.0. The molecule has 0 unspecified atom stereocenters. The number of benzene rings is 1. The Morgan fingerprint density at radius 3 is 1.96 bits per heavy atom. The van der Waals surface area contributed by atoms with Crippen LogP contribution in [-0.2, 0) is 27.1 Å². The highest BCUT2D eigenvalue weighted by molar-refractivity contribution is 7.83. The van der Waals surface area contributed by atoms with Crippen molar-refractivity contribution in [2.75, 3.05) is 30.3 Å². The first-order chi connectivity index (χ1) is 10.9. The van der Waals surface area contributed by atoms with Crippen LogP contribution in [0.5, 0.6) is 0 Å². The van der Waals surface area contributed by atoms with Crippen molar-refractivity contribution < 1.29 is 30.5 Å². The number of rotatable bonds is 7. The molecule has 0 fully saturated rings. The highest BCUT2D eigenvalue weighted by Gasteiger charge is 2.07. The fourth-order valence-electron chi connectivity index (χ4n) is 1.91. The lowest BCUT2D eigenvalue weighted by Crippen LogP contribution is -2.25. The first kappa shape index (κ1) is 25.8. The van der Waals surface area contributed by atoms with E-state index in [0.717, 1.165) is 24.3 Å². The van der Waals surface area contributed by atoms with Gasteiger partial charge < -0.3 is 10.6 Å². The topological polar surface area (TPSA) is 170 Å². The molecule has 10 nitrogen and oxygen atoms in total. The summed E-state index contributed by atoms with van der Waals surface area (Å²) in [5, 5.41) is 0. The Morgan fingerprint density at radius 2 is 1.56 bits per heavy atom. The van der Waals surface area contributed by atoms with Gasteiger partial charge in [-0.2, -0.15) is 21.6 Å². The van der Waals surface area contributed by atoms with Gasteiger partial charge in [0.25, 0.3) is 0 Å². The van der Waals surface area contributed by atoms with Gasteiger partial charge >= 0.3 is 20.7 Å². The average molecular weight is 402 g/mol. The molecule has 0 saturated heterocycles. The van der Waals surface area contributed by atoms with Crippen molar-refractivity contribution >= 4 is 32.1 Å². The van der Waals surface area contributed by atoms with E-state index in [2.05, 4.69) is 18.7 Å². The molecule has 0 radical (unpaired) electrons. The van der Waals surface area contributed by atoms with Crippen LogP contribution in [0.25, 0.3) is 0 Å².